The number of nitrogens with zero attached hydrogens (tertiary/aromatic N) is 1. The molecule has 1 aromatic carbocycles. The highest BCUT2D eigenvalue weighted by Gasteiger charge is 2.14. The van der Waals surface area contributed by atoms with Gasteiger partial charge in [-0.3, -0.25) is 4.79 Å². The summed E-state index contributed by atoms with van der Waals surface area (Å²) in [6, 6.07) is 4.57. The molecule has 0 radical (unpaired) electrons. The topological polar surface area (TPSA) is 111 Å². The number of ether oxygens (including phenoxy) is 2. The van der Waals surface area contributed by atoms with Crippen LogP contribution < -0.4 is 14.8 Å². The second-order valence-corrected chi connectivity index (χ2v) is 5.26. The van der Waals surface area contributed by atoms with Gasteiger partial charge in [-0.15, -0.1) is 0 Å². The molecule has 25 heavy (non-hydrogen) atoms. The summed E-state index contributed by atoms with van der Waals surface area (Å²) in [4.78, 5) is 23.0. The van der Waals surface area contributed by atoms with Gasteiger partial charge in [0, 0.05) is 17.7 Å². The van der Waals surface area contributed by atoms with Crippen molar-refractivity contribution >= 4 is 11.9 Å². The van der Waals surface area contributed by atoms with Crippen LogP contribution in [0.3, 0.4) is 0 Å². The molecule has 134 valence electrons. The van der Waals surface area contributed by atoms with Crippen LogP contribution in [0.15, 0.2) is 22.7 Å². The van der Waals surface area contributed by atoms with Crippen molar-refractivity contribution in [3.05, 3.63) is 40.8 Å². The predicted molar refractivity (Wildman–Crippen MR) is 87.9 cm³/mol. The molecule has 2 rings (SSSR count). The van der Waals surface area contributed by atoms with Gasteiger partial charge in [-0.05, 0) is 39.0 Å². The largest absolute Gasteiger partial charge is 0.490 e. The number of hydrogen-bond acceptors (Lipinski definition) is 6. The minimum atomic E-state index is -1.09. The summed E-state index contributed by atoms with van der Waals surface area (Å²) in [5.74, 6) is -0.153. The molecule has 0 aliphatic heterocycles. The molecule has 0 atom stereocenters. The van der Waals surface area contributed by atoms with Crippen LogP contribution in [-0.2, 0) is 11.3 Å². The highest BCUT2D eigenvalue weighted by Crippen LogP contribution is 2.28. The van der Waals surface area contributed by atoms with Crippen molar-refractivity contribution in [3.63, 3.8) is 0 Å². The summed E-state index contributed by atoms with van der Waals surface area (Å²) in [6.45, 7) is 5.53. The van der Waals surface area contributed by atoms with E-state index < -0.39 is 12.6 Å². The lowest BCUT2D eigenvalue weighted by Gasteiger charge is -2.12. The van der Waals surface area contributed by atoms with Gasteiger partial charge in [0.1, 0.15) is 5.76 Å². The molecule has 0 saturated carbocycles. The standard InChI is InChI=1S/C17H20N2O6/c1-4-23-15-7-12(5-6-14(15)24-9-16(20)21)17(22)18-8-13-10(2)19-25-11(13)3/h5-7H,4,8-9H2,1-3H3,(H,18,22)(H,20,21). The number of nitrogens with one attached hydrogen (secondary N) is 1. The van der Waals surface area contributed by atoms with Gasteiger partial charge in [0.25, 0.3) is 5.91 Å². The van der Waals surface area contributed by atoms with Crippen LogP contribution >= 0.6 is 0 Å². The lowest BCUT2D eigenvalue weighted by Crippen LogP contribution is -2.23. The molecule has 0 bridgehead atoms. The van der Waals surface area contributed by atoms with Crippen LogP contribution in [0.4, 0.5) is 0 Å². The number of aryl methyl sites for hydroxylation is 2. The van der Waals surface area contributed by atoms with E-state index in [0.29, 0.717) is 30.2 Å². The van der Waals surface area contributed by atoms with Gasteiger partial charge in [-0.1, -0.05) is 5.16 Å². The van der Waals surface area contributed by atoms with Crippen molar-refractivity contribution in [2.24, 2.45) is 0 Å². The van der Waals surface area contributed by atoms with E-state index in [1.807, 2.05) is 0 Å². The molecule has 1 amide bonds. The number of hydrogen-bond donors (Lipinski definition) is 2. The van der Waals surface area contributed by atoms with Gasteiger partial charge in [-0.25, -0.2) is 4.79 Å². The van der Waals surface area contributed by atoms with E-state index >= 15 is 0 Å². The molecule has 0 fully saturated rings. The number of benzene rings is 1. The quantitative estimate of drug-likeness (QED) is 0.751. The first-order valence-electron chi connectivity index (χ1n) is 7.73. The van der Waals surface area contributed by atoms with Crippen molar-refractivity contribution < 1.29 is 28.7 Å². The van der Waals surface area contributed by atoms with E-state index in [2.05, 4.69) is 10.5 Å². The fourth-order valence-corrected chi connectivity index (χ4v) is 2.20. The first-order chi connectivity index (χ1) is 11.9. The van der Waals surface area contributed by atoms with Gasteiger partial charge in [0.15, 0.2) is 18.1 Å². The Kier molecular flexibility index (Phi) is 5.99. The average Bonchev–Trinajstić information content (AvgIpc) is 2.90. The van der Waals surface area contributed by atoms with Crippen molar-refractivity contribution in [2.45, 2.75) is 27.3 Å². The summed E-state index contributed by atoms with van der Waals surface area (Å²) in [5.41, 5.74) is 1.93. The number of aromatic nitrogens is 1. The molecule has 2 N–H and O–H groups in total. The second kappa shape index (κ2) is 8.18. The molecule has 0 aliphatic carbocycles. The Bertz CT molecular complexity index is 749. The van der Waals surface area contributed by atoms with E-state index in [1.165, 1.54) is 12.1 Å². The minimum Gasteiger partial charge on any atom is -0.490 e. The number of amides is 1. The highest BCUT2D eigenvalue weighted by atomic mass is 16.5. The van der Waals surface area contributed by atoms with Gasteiger partial charge in [-0.2, -0.15) is 0 Å². The number of rotatable bonds is 8. The van der Waals surface area contributed by atoms with Crippen LogP contribution in [0.2, 0.25) is 0 Å². The Balaban J connectivity index is 2.10. The summed E-state index contributed by atoms with van der Waals surface area (Å²) >= 11 is 0. The lowest BCUT2D eigenvalue weighted by molar-refractivity contribution is -0.139. The van der Waals surface area contributed by atoms with Gasteiger partial charge < -0.3 is 24.4 Å². The van der Waals surface area contributed by atoms with Crippen molar-refractivity contribution in [1.82, 2.24) is 10.5 Å². The molecule has 1 heterocycles. The number of aliphatic carboxylic acids is 1. The van der Waals surface area contributed by atoms with Crippen LogP contribution in [0.25, 0.3) is 0 Å². The molecule has 0 saturated heterocycles. The Morgan fingerprint density at radius 2 is 2.00 bits per heavy atom. The fourth-order valence-electron chi connectivity index (χ4n) is 2.20. The first-order valence-corrected chi connectivity index (χ1v) is 7.73. The summed E-state index contributed by atoms with van der Waals surface area (Å²) in [5, 5.41) is 15.3. The molecule has 8 nitrogen and oxygen atoms in total. The van der Waals surface area contributed by atoms with Gasteiger partial charge in [0.2, 0.25) is 0 Å². The summed E-state index contributed by atoms with van der Waals surface area (Å²) < 4.78 is 15.6. The van der Waals surface area contributed by atoms with E-state index in [0.717, 1.165) is 11.3 Å². The predicted octanol–water partition coefficient (Wildman–Crippen LogP) is 2.08. The Labute approximate surface area is 144 Å². The monoisotopic (exact) mass is 348 g/mol. The minimum absolute atomic E-state index is 0.270. The number of carbonyl (C=O) groups is 2. The summed E-state index contributed by atoms with van der Waals surface area (Å²) in [6.07, 6.45) is 0. The first kappa shape index (κ1) is 18.3. The summed E-state index contributed by atoms with van der Waals surface area (Å²) in [7, 11) is 0. The number of carbonyl (C=O) groups excluding carboxylic acids is 1. The smallest absolute Gasteiger partial charge is 0.341 e. The molecule has 8 heteroatoms. The zero-order valence-corrected chi connectivity index (χ0v) is 14.3. The molecule has 0 aliphatic rings. The van der Waals surface area contributed by atoms with Crippen LogP contribution in [0, 0.1) is 13.8 Å². The molecule has 2 aromatic rings. The molecular formula is C17H20N2O6. The Hall–Kier alpha value is -3.03. The third-order valence-corrected chi connectivity index (χ3v) is 3.46. The SMILES string of the molecule is CCOc1cc(C(=O)NCc2c(C)noc2C)ccc1OCC(=O)O. The lowest BCUT2D eigenvalue weighted by atomic mass is 10.1. The van der Waals surface area contributed by atoms with E-state index in [4.69, 9.17) is 19.1 Å². The van der Waals surface area contributed by atoms with Crippen molar-refractivity contribution in [1.29, 1.82) is 0 Å². The maximum atomic E-state index is 12.3. The van der Waals surface area contributed by atoms with E-state index in [-0.39, 0.29) is 11.7 Å². The van der Waals surface area contributed by atoms with Gasteiger partial charge >= 0.3 is 5.97 Å². The third kappa shape index (κ3) is 4.72. The maximum absolute atomic E-state index is 12.3. The molecule has 1 aromatic heterocycles. The van der Waals surface area contributed by atoms with E-state index in [9.17, 15) is 9.59 Å². The fraction of sp³-hybridized carbons (Fsp3) is 0.353. The van der Waals surface area contributed by atoms with Crippen LogP contribution in [0.5, 0.6) is 11.5 Å². The highest BCUT2D eigenvalue weighted by molar-refractivity contribution is 5.94. The zero-order chi connectivity index (χ0) is 18.4. The second-order valence-electron chi connectivity index (χ2n) is 5.26. The van der Waals surface area contributed by atoms with E-state index in [1.54, 1.807) is 26.8 Å². The third-order valence-electron chi connectivity index (χ3n) is 3.46. The Morgan fingerprint density at radius 1 is 1.24 bits per heavy atom. The number of carboxylic acid groups (broad SMARTS) is 1. The van der Waals surface area contributed by atoms with Crippen LogP contribution in [0.1, 0.15) is 34.3 Å². The average molecular weight is 348 g/mol. The van der Waals surface area contributed by atoms with Crippen molar-refractivity contribution in [3.8, 4) is 11.5 Å². The maximum Gasteiger partial charge on any atom is 0.341 e. The van der Waals surface area contributed by atoms with Gasteiger partial charge in [0.05, 0.1) is 12.3 Å². The molecule has 0 unspecified atom stereocenters. The normalized spacial score (nSPS) is 10.4. The molecular weight excluding hydrogens is 328 g/mol. The zero-order valence-electron chi connectivity index (χ0n) is 14.3. The Morgan fingerprint density at radius 3 is 2.60 bits per heavy atom. The molecule has 0 spiro atoms. The van der Waals surface area contributed by atoms with Crippen LogP contribution in [-0.4, -0.2) is 35.4 Å². The number of carboxylic acids is 1. The van der Waals surface area contributed by atoms with Crippen molar-refractivity contribution in [2.75, 3.05) is 13.2 Å².